The Balaban J connectivity index is 1.71. The van der Waals surface area contributed by atoms with Gasteiger partial charge in [0.15, 0.2) is 0 Å². The molecule has 1 heterocycles. The van der Waals surface area contributed by atoms with Gasteiger partial charge < -0.3 is 9.84 Å². The first-order chi connectivity index (χ1) is 9.93. The molecular formula is C19H34O2. The standard InChI is InChI=1S/C19H34O2/c1-14-6-7-16(17(20)12-14)18(2,3)15-8-11-21-19(13-15)9-4-5-10-19/h14-17,20H,4-13H2,1-3H3. The van der Waals surface area contributed by atoms with Crippen LogP contribution in [0.3, 0.4) is 0 Å². The Morgan fingerprint density at radius 1 is 1.10 bits per heavy atom. The van der Waals surface area contributed by atoms with Crippen molar-refractivity contribution in [1.29, 1.82) is 0 Å². The average molecular weight is 294 g/mol. The van der Waals surface area contributed by atoms with Gasteiger partial charge in [0.25, 0.3) is 0 Å². The average Bonchev–Trinajstić information content (AvgIpc) is 2.86. The van der Waals surface area contributed by atoms with E-state index in [2.05, 4.69) is 20.8 Å². The summed E-state index contributed by atoms with van der Waals surface area (Å²) in [4.78, 5) is 0. The molecule has 0 aromatic carbocycles. The van der Waals surface area contributed by atoms with Gasteiger partial charge in [-0.25, -0.2) is 0 Å². The fraction of sp³-hybridized carbons (Fsp3) is 1.00. The van der Waals surface area contributed by atoms with Crippen molar-refractivity contribution in [3.8, 4) is 0 Å². The summed E-state index contributed by atoms with van der Waals surface area (Å²) in [5, 5.41) is 10.6. The summed E-state index contributed by atoms with van der Waals surface area (Å²) in [5.74, 6) is 1.90. The summed E-state index contributed by atoms with van der Waals surface area (Å²) < 4.78 is 6.22. The second-order valence-corrected chi connectivity index (χ2v) is 8.84. The highest BCUT2D eigenvalue weighted by Gasteiger charge is 2.48. The van der Waals surface area contributed by atoms with Crippen molar-refractivity contribution in [3.63, 3.8) is 0 Å². The molecule has 0 radical (unpaired) electrons. The van der Waals surface area contributed by atoms with Crippen molar-refractivity contribution in [1.82, 2.24) is 0 Å². The maximum Gasteiger partial charge on any atom is 0.0685 e. The van der Waals surface area contributed by atoms with Crippen LogP contribution in [0.1, 0.15) is 78.6 Å². The van der Waals surface area contributed by atoms with Gasteiger partial charge in [-0.1, -0.05) is 40.0 Å². The normalized spacial score (nSPS) is 40.6. The monoisotopic (exact) mass is 294 g/mol. The van der Waals surface area contributed by atoms with Crippen molar-refractivity contribution >= 4 is 0 Å². The van der Waals surface area contributed by atoms with E-state index in [0.717, 1.165) is 18.9 Å². The molecule has 1 aliphatic heterocycles. The first-order valence-corrected chi connectivity index (χ1v) is 9.25. The highest BCUT2D eigenvalue weighted by Crippen LogP contribution is 2.52. The molecule has 4 atom stereocenters. The lowest BCUT2D eigenvalue weighted by Crippen LogP contribution is -2.48. The zero-order valence-corrected chi connectivity index (χ0v) is 14.2. The maximum absolute atomic E-state index is 10.6. The van der Waals surface area contributed by atoms with Crippen molar-refractivity contribution in [2.24, 2.45) is 23.2 Å². The fourth-order valence-electron chi connectivity index (χ4n) is 5.55. The molecule has 0 aromatic rings. The van der Waals surface area contributed by atoms with E-state index in [1.165, 1.54) is 51.4 Å². The molecule has 2 heteroatoms. The highest BCUT2D eigenvalue weighted by molar-refractivity contribution is 4.98. The summed E-state index contributed by atoms with van der Waals surface area (Å²) >= 11 is 0. The quantitative estimate of drug-likeness (QED) is 0.809. The molecule has 2 aliphatic carbocycles. The van der Waals surface area contributed by atoms with Crippen LogP contribution in [0, 0.1) is 23.2 Å². The minimum Gasteiger partial charge on any atom is -0.393 e. The third-order valence-electron chi connectivity index (χ3n) is 7.09. The van der Waals surface area contributed by atoms with Crippen LogP contribution < -0.4 is 0 Å². The SMILES string of the molecule is CC1CCC(C(C)(C)C2CCOC3(CCCC3)C2)C(O)C1. The van der Waals surface area contributed by atoms with E-state index in [9.17, 15) is 5.11 Å². The lowest BCUT2D eigenvalue weighted by molar-refractivity contribution is -0.133. The largest absolute Gasteiger partial charge is 0.393 e. The van der Waals surface area contributed by atoms with Gasteiger partial charge in [0.1, 0.15) is 0 Å². The lowest BCUT2D eigenvalue weighted by Gasteiger charge is -2.50. The number of ether oxygens (including phenoxy) is 1. The predicted octanol–water partition coefficient (Wildman–Crippen LogP) is 4.55. The topological polar surface area (TPSA) is 29.5 Å². The van der Waals surface area contributed by atoms with Crippen molar-refractivity contribution in [2.45, 2.75) is 90.3 Å². The van der Waals surface area contributed by atoms with Gasteiger partial charge >= 0.3 is 0 Å². The minimum atomic E-state index is -0.0916. The van der Waals surface area contributed by atoms with Crippen LogP contribution in [-0.4, -0.2) is 23.4 Å². The van der Waals surface area contributed by atoms with Gasteiger partial charge in [0.2, 0.25) is 0 Å². The van der Waals surface area contributed by atoms with Gasteiger partial charge in [-0.15, -0.1) is 0 Å². The van der Waals surface area contributed by atoms with Crippen LogP contribution in [0.5, 0.6) is 0 Å². The summed E-state index contributed by atoms with van der Waals surface area (Å²) in [5.41, 5.74) is 0.450. The number of hydrogen-bond acceptors (Lipinski definition) is 2. The predicted molar refractivity (Wildman–Crippen MR) is 86.2 cm³/mol. The number of hydrogen-bond donors (Lipinski definition) is 1. The molecular weight excluding hydrogens is 260 g/mol. The van der Waals surface area contributed by atoms with Crippen LogP contribution in [0.4, 0.5) is 0 Å². The molecule has 3 fully saturated rings. The molecule has 0 amide bonds. The van der Waals surface area contributed by atoms with E-state index in [-0.39, 0.29) is 17.1 Å². The Morgan fingerprint density at radius 3 is 2.48 bits per heavy atom. The summed E-state index contributed by atoms with van der Waals surface area (Å²) in [6.07, 6.45) is 11.1. The number of aliphatic hydroxyl groups excluding tert-OH is 1. The second kappa shape index (κ2) is 5.85. The van der Waals surface area contributed by atoms with Crippen LogP contribution in [0.2, 0.25) is 0 Å². The molecule has 122 valence electrons. The maximum atomic E-state index is 10.6. The zero-order valence-electron chi connectivity index (χ0n) is 14.2. The van der Waals surface area contributed by atoms with Crippen LogP contribution in [-0.2, 0) is 4.74 Å². The Labute approximate surface area is 130 Å². The first-order valence-electron chi connectivity index (χ1n) is 9.25. The molecule has 4 unspecified atom stereocenters. The lowest BCUT2D eigenvalue weighted by atomic mass is 9.59. The Kier molecular flexibility index (Phi) is 4.40. The molecule has 0 aromatic heterocycles. The molecule has 2 nitrogen and oxygen atoms in total. The van der Waals surface area contributed by atoms with Gasteiger partial charge in [-0.3, -0.25) is 0 Å². The zero-order chi connectivity index (χ0) is 15.1. The van der Waals surface area contributed by atoms with E-state index < -0.39 is 0 Å². The van der Waals surface area contributed by atoms with E-state index in [4.69, 9.17) is 4.74 Å². The molecule has 3 aliphatic rings. The van der Waals surface area contributed by atoms with Gasteiger partial charge in [-0.2, -0.15) is 0 Å². The number of aliphatic hydroxyl groups is 1. The van der Waals surface area contributed by atoms with Crippen LogP contribution >= 0.6 is 0 Å². The molecule has 0 bridgehead atoms. The van der Waals surface area contributed by atoms with Gasteiger partial charge in [0, 0.05) is 6.61 Å². The molecule has 1 N–H and O–H groups in total. The van der Waals surface area contributed by atoms with Crippen LogP contribution in [0.25, 0.3) is 0 Å². The minimum absolute atomic E-state index is 0.0916. The molecule has 1 spiro atoms. The fourth-order valence-corrected chi connectivity index (χ4v) is 5.55. The second-order valence-electron chi connectivity index (χ2n) is 8.84. The van der Waals surface area contributed by atoms with E-state index in [1.807, 2.05) is 0 Å². The van der Waals surface area contributed by atoms with E-state index in [0.29, 0.717) is 11.8 Å². The molecule has 1 saturated heterocycles. The van der Waals surface area contributed by atoms with E-state index >= 15 is 0 Å². The Hall–Kier alpha value is -0.0800. The van der Waals surface area contributed by atoms with Gasteiger partial charge in [-0.05, 0) is 61.7 Å². The summed E-state index contributed by atoms with van der Waals surface area (Å²) in [7, 11) is 0. The smallest absolute Gasteiger partial charge is 0.0685 e. The highest BCUT2D eigenvalue weighted by atomic mass is 16.5. The van der Waals surface area contributed by atoms with Crippen LogP contribution in [0.15, 0.2) is 0 Å². The third kappa shape index (κ3) is 3.03. The number of rotatable bonds is 2. The third-order valence-corrected chi connectivity index (χ3v) is 7.09. The van der Waals surface area contributed by atoms with Crippen molar-refractivity contribution in [2.75, 3.05) is 6.61 Å². The Bertz CT molecular complexity index is 357. The summed E-state index contributed by atoms with van der Waals surface area (Å²) in [6.45, 7) is 8.08. The van der Waals surface area contributed by atoms with Crippen molar-refractivity contribution < 1.29 is 9.84 Å². The van der Waals surface area contributed by atoms with Gasteiger partial charge in [0.05, 0.1) is 11.7 Å². The first kappa shape index (κ1) is 15.8. The molecule has 21 heavy (non-hydrogen) atoms. The van der Waals surface area contributed by atoms with E-state index in [1.54, 1.807) is 0 Å². The molecule has 2 saturated carbocycles. The Morgan fingerprint density at radius 2 is 1.81 bits per heavy atom. The van der Waals surface area contributed by atoms with Crippen molar-refractivity contribution in [3.05, 3.63) is 0 Å². The molecule has 3 rings (SSSR count). The summed E-state index contributed by atoms with van der Waals surface area (Å²) in [6, 6.07) is 0.